The highest BCUT2D eigenvalue weighted by molar-refractivity contribution is 7.18. The average Bonchev–Trinajstić information content (AvgIpc) is 3.11. The number of carbonyl (C=O) groups is 1. The summed E-state index contributed by atoms with van der Waals surface area (Å²) in [6.45, 7) is 0. The molecule has 5 nitrogen and oxygen atoms in total. The van der Waals surface area contributed by atoms with Crippen molar-refractivity contribution in [3.05, 3.63) is 48.5 Å². The predicted octanol–water partition coefficient (Wildman–Crippen LogP) is 5.51. The van der Waals surface area contributed by atoms with Crippen LogP contribution in [0.5, 0.6) is 5.75 Å². The van der Waals surface area contributed by atoms with E-state index < -0.39 is 17.1 Å². The number of aromatic nitrogens is 2. The van der Waals surface area contributed by atoms with E-state index in [2.05, 4.69) is 20.3 Å². The van der Waals surface area contributed by atoms with Gasteiger partial charge in [0.2, 0.25) is 0 Å². The van der Waals surface area contributed by atoms with Crippen molar-refractivity contribution in [3.8, 4) is 26.9 Å². The Morgan fingerprint density at radius 1 is 1.04 bits per heavy atom. The molecule has 0 saturated heterocycles. The summed E-state index contributed by atoms with van der Waals surface area (Å²) in [6.07, 6.45) is -4.81. The molecule has 1 amide bonds. The van der Waals surface area contributed by atoms with E-state index in [-0.39, 0.29) is 16.3 Å². The smallest absolute Gasteiger partial charge is 0.405 e. The lowest BCUT2D eigenvalue weighted by molar-refractivity contribution is -0.274. The van der Waals surface area contributed by atoms with Gasteiger partial charge in [0.25, 0.3) is 5.91 Å². The normalized spacial score (nSPS) is 11.5. The van der Waals surface area contributed by atoms with Crippen molar-refractivity contribution < 1.29 is 22.7 Å². The molecule has 1 heterocycles. The van der Waals surface area contributed by atoms with Crippen LogP contribution < -0.4 is 10.1 Å². The molecule has 146 valence electrons. The van der Waals surface area contributed by atoms with Gasteiger partial charge in [-0.15, -0.1) is 23.4 Å². The zero-order valence-electron chi connectivity index (χ0n) is 13.7. The Morgan fingerprint density at radius 2 is 1.68 bits per heavy atom. The van der Waals surface area contributed by atoms with E-state index >= 15 is 0 Å². The molecule has 0 saturated carbocycles. The zero-order chi connectivity index (χ0) is 20.3. The molecule has 1 aromatic heterocycles. The maximum atomic E-state index is 12.6. The number of halogens is 5. The number of carbonyl (C=O) groups excluding carboxylic acids is 1. The van der Waals surface area contributed by atoms with Gasteiger partial charge in [-0.1, -0.05) is 46.7 Å². The predicted molar refractivity (Wildman–Crippen MR) is 102 cm³/mol. The van der Waals surface area contributed by atoms with Gasteiger partial charge in [0, 0.05) is 11.3 Å². The zero-order valence-corrected chi connectivity index (χ0v) is 16.0. The highest BCUT2D eigenvalue weighted by atomic mass is 35.5. The van der Waals surface area contributed by atoms with E-state index in [1.54, 1.807) is 30.3 Å². The minimum Gasteiger partial charge on any atom is -0.405 e. The summed E-state index contributed by atoms with van der Waals surface area (Å²) in [5.74, 6) is -0.914. The van der Waals surface area contributed by atoms with Crippen molar-refractivity contribution in [3.63, 3.8) is 0 Å². The Morgan fingerprint density at radius 3 is 2.32 bits per heavy atom. The first kappa shape index (κ1) is 20.4. The van der Waals surface area contributed by atoms with Crippen molar-refractivity contribution in [2.75, 3.05) is 5.32 Å². The summed E-state index contributed by atoms with van der Waals surface area (Å²) in [7, 11) is 0. The molecule has 0 aliphatic rings. The van der Waals surface area contributed by atoms with Crippen LogP contribution in [0.4, 0.5) is 18.9 Å². The van der Waals surface area contributed by atoms with Gasteiger partial charge >= 0.3 is 6.36 Å². The minimum atomic E-state index is -4.81. The quantitative estimate of drug-likeness (QED) is 0.523. The molecule has 0 aliphatic carbocycles. The third-order valence-electron chi connectivity index (χ3n) is 3.37. The summed E-state index contributed by atoms with van der Waals surface area (Å²) in [6, 6.07) is 12.3. The maximum absolute atomic E-state index is 12.6. The monoisotopic (exact) mass is 447 g/mol. The first-order chi connectivity index (χ1) is 13.2. The second-order valence-corrected chi connectivity index (χ2v) is 7.40. The van der Waals surface area contributed by atoms with E-state index in [0.717, 1.165) is 11.3 Å². The van der Waals surface area contributed by atoms with E-state index in [1.165, 1.54) is 18.2 Å². The summed E-state index contributed by atoms with van der Waals surface area (Å²) in [4.78, 5) is 10.3. The number of ether oxygens (including phenoxy) is 1. The van der Waals surface area contributed by atoms with Gasteiger partial charge in [-0.3, -0.25) is 4.79 Å². The standard InChI is InChI=1S/C17H10Cl2F3N3O2S/c18-13(19)14(26)23-10-7-5-9(6-8-10)15-24-25-16(28-15)11-3-1-2-4-12(11)27-17(20,21)22/h1-8,13H,(H,23,26). The lowest BCUT2D eigenvalue weighted by Crippen LogP contribution is -2.18. The van der Waals surface area contributed by atoms with E-state index in [9.17, 15) is 18.0 Å². The number of para-hydroxylation sites is 1. The number of nitrogens with zero attached hydrogens (tertiary/aromatic N) is 2. The molecule has 11 heteroatoms. The summed E-state index contributed by atoms with van der Waals surface area (Å²) >= 11 is 12.1. The van der Waals surface area contributed by atoms with Crippen molar-refractivity contribution in [1.29, 1.82) is 0 Å². The van der Waals surface area contributed by atoms with Gasteiger partial charge in [0.15, 0.2) is 9.84 Å². The first-order valence-corrected chi connectivity index (χ1v) is 9.30. The highest BCUT2D eigenvalue weighted by Crippen LogP contribution is 2.37. The van der Waals surface area contributed by atoms with Crippen molar-refractivity contribution in [2.24, 2.45) is 0 Å². The minimum absolute atomic E-state index is 0.183. The van der Waals surface area contributed by atoms with Crippen LogP contribution in [0, 0.1) is 0 Å². The third-order valence-corrected chi connectivity index (χ3v) is 4.77. The van der Waals surface area contributed by atoms with Crippen LogP contribution in [0.25, 0.3) is 21.1 Å². The fraction of sp³-hybridized carbons (Fsp3) is 0.118. The van der Waals surface area contributed by atoms with Gasteiger partial charge in [0.05, 0.1) is 5.56 Å². The fourth-order valence-electron chi connectivity index (χ4n) is 2.20. The van der Waals surface area contributed by atoms with Crippen molar-refractivity contribution in [1.82, 2.24) is 10.2 Å². The molecular formula is C17H10Cl2F3N3O2S. The van der Waals surface area contributed by atoms with Gasteiger partial charge in [-0.05, 0) is 36.4 Å². The molecule has 28 heavy (non-hydrogen) atoms. The van der Waals surface area contributed by atoms with Crippen LogP contribution in [0.3, 0.4) is 0 Å². The Kier molecular flexibility index (Phi) is 6.07. The molecule has 0 radical (unpaired) electrons. The van der Waals surface area contributed by atoms with Crippen LogP contribution in [-0.2, 0) is 4.79 Å². The third kappa shape index (κ3) is 5.12. The molecular weight excluding hydrogens is 438 g/mol. The molecule has 0 spiro atoms. The second-order valence-electron chi connectivity index (χ2n) is 5.32. The summed E-state index contributed by atoms with van der Waals surface area (Å²) in [5.41, 5.74) is 1.33. The van der Waals surface area contributed by atoms with Crippen molar-refractivity contribution >= 4 is 46.1 Å². The van der Waals surface area contributed by atoms with Crippen molar-refractivity contribution in [2.45, 2.75) is 11.2 Å². The Bertz CT molecular complexity index is 978. The fourth-order valence-corrected chi connectivity index (χ4v) is 3.19. The average molecular weight is 448 g/mol. The molecule has 2 aromatic carbocycles. The Balaban J connectivity index is 1.82. The lowest BCUT2D eigenvalue weighted by Gasteiger charge is -2.11. The molecule has 3 aromatic rings. The van der Waals surface area contributed by atoms with E-state index in [1.807, 2.05) is 0 Å². The van der Waals surface area contributed by atoms with Crippen LogP contribution in [0.2, 0.25) is 0 Å². The number of benzene rings is 2. The van der Waals surface area contributed by atoms with Crippen LogP contribution in [0.1, 0.15) is 0 Å². The number of amides is 1. The molecule has 0 unspecified atom stereocenters. The Hall–Kier alpha value is -2.36. The number of hydrogen-bond acceptors (Lipinski definition) is 5. The van der Waals surface area contributed by atoms with E-state index in [4.69, 9.17) is 23.2 Å². The molecule has 0 fully saturated rings. The van der Waals surface area contributed by atoms with Gasteiger partial charge in [-0.25, -0.2) is 0 Å². The number of nitrogens with one attached hydrogen (secondary N) is 1. The SMILES string of the molecule is O=C(Nc1ccc(-c2nnc(-c3ccccc3OC(F)(F)F)s2)cc1)C(Cl)Cl. The summed E-state index contributed by atoms with van der Waals surface area (Å²) < 4.78 is 41.8. The molecule has 3 rings (SSSR count). The number of hydrogen-bond donors (Lipinski definition) is 1. The molecule has 1 N–H and O–H groups in total. The molecule has 0 bridgehead atoms. The molecule has 0 aliphatic heterocycles. The van der Waals surface area contributed by atoms with Crippen LogP contribution in [-0.4, -0.2) is 27.3 Å². The van der Waals surface area contributed by atoms with Gasteiger partial charge in [-0.2, -0.15) is 0 Å². The largest absolute Gasteiger partial charge is 0.573 e. The summed E-state index contributed by atoms with van der Waals surface area (Å²) in [5, 5.41) is 11.3. The van der Waals surface area contributed by atoms with Gasteiger partial charge < -0.3 is 10.1 Å². The van der Waals surface area contributed by atoms with Crippen LogP contribution >= 0.6 is 34.5 Å². The van der Waals surface area contributed by atoms with E-state index in [0.29, 0.717) is 16.3 Å². The Labute approximate surface area is 171 Å². The number of rotatable bonds is 5. The maximum Gasteiger partial charge on any atom is 0.573 e. The van der Waals surface area contributed by atoms with Gasteiger partial charge in [0.1, 0.15) is 10.8 Å². The lowest BCUT2D eigenvalue weighted by atomic mass is 10.2. The number of alkyl halides is 5. The second kappa shape index (κ2) is 8.34. The first-order valence-electron chi connectivity index (χ1n) is 7.61. The molecule has 0 atom stereocenters. The highest BCUT2D eigenvalue weighted by Gasteiger charge is 2.32. The topological polar surface area (TPSA) is 64.1 Å². The van der Waals surface area contributed by atoms with Crippen LogP contribution in [0.15, 0.2) is 48.5 Å². The number of anilines is 1.